The third-order valence-corrected chi connectivity index (χ3v) is 3.69. The molecule has 0 unspecified atom stereocenters. The molecule has 6 heteroatoms. The van der Waals surface area contributed by atoms with Crippen LogP contribution in [0.25, 0.3) is 0 Å². The van der Waals surface area contributed by atoms with Gasteiger partial charge in [-0.25, -0.2) is 0 Å². The predicted molar refractivity (Wildman–Crippen MR) is 83.6 cm³/mol. The fourth-order valence-electron chi connectivity index (χ4n) is 1.28. The summed E-state index contributed by atoms with van der Waals surface area (Å²) in [6, 6.07) is 7.33. The summed E-state index contributed by atoms with van der Waals surface area (Å²) in [4.78, 5) is 11.2. The van der Waals surface area contributed by atoms with E-state index in [9.17, 15) is 4.79 Å². The zero-order chi connectivity index (χ0) is 14.1. The highest BCUT2D eigenvalue weighted by molar-refractivity contribution is 9.10. The van der Waals surface area contributed by atoms with Crippen molar-refractivity contribution in [2.75, 3.05) is 24.7 Å². The number of rotatable bonds is 8. The van der Waals surface area contributed by atoms with Crippen LogP contribution in [0.4, 0.5) is 0 Å². The van der Waals surface area contributed by atoms with Crippen molar-refractivity contribution in [1.29, 1.82) is 0 Å². The minimum absolute atomic E-state index is 0.106. The normalized spacial score (nSPS) is 11.9. The van der Waals surface area contributed by atoms with Crippen LogP contribution < -0.4 is 15.8 Å². The first-order valence-corrected chi connectivity index (χ1v) is 8.04. The monoisotopic (exact) mass is 346 g/mol. The molecule has 1 atom stereocenters. The van der Waals surface area contributed by atoms with Crippen LogP contribution in [0.1, 0.15) is 6.92 Å². The molecule has 1 rings (SSSR count). The first kappa shape index (κ1) is 16.3. The molecule has 0 aromatic heterocycles. The Morgan fingerprint density at radius 3 is 3.00 bits per heavy atom. The van der Waals surface area contributed by atoms with E-state index in [0.29, 0.717) is 13.2 Å². The van der Waals surface area contributed by atoms with Gasteiger partial charge in [0.1, 0.15) is 5.75 Å². The highest BCUT2D eigenvalue weighted by atomic mass is 79.9. The molecule has 1 aromatic rings. The van der Waals surface area contributed by atoms with Crippen LogP contribution in [-0.4, -0.2) is 36.6 Å². The van der Waals surface area contributed by atoms with E-state index in [-0.39, 0.29) is 5.91 Å². The van der Waals surface area contributed by atoms with E-state index in [1.807, 2.05) is 24.3 Å². The first-order valence-electron chi connectivity index (χ1n) is 6.09. The van der Waals surface area contributed by atoms with Crippen molar-refractivity contribution in [1.82, 2.24) is 5.32 Å². The maximum absolute atomic E-state index is 11.2. The minimum Gasteiger partial charge on any atom is -0.493 e. The van der Waals surface area contributed by atoms with E-state index >= 15 is 0 Å². The van der Waals surface area contributed by atoms with Gasteiger partial charge in [0.05, 0.1) is 12.6 Å². The lowest BCUT2D eigenvalue weighted by Crippen LogP contribution is -2.39. The molecule has 106 valence electrons. The second kappa shape index (κ2) is 9.23. The second-order valence-corrected chi connectivity index (χ2v) is 6.14. The lowest BCUT2D eigenvalue weighted by atomic mass is 10.3. The highest BCUT2D eigenvalue weighted by Crippen LogP contribution is 2.17. The van der Waals surface area contributed by atoms with Crippen molar-refractivity contribution in [3.8, 4) is 5.75 Å². The molecule has 0 saturated carbocycles. The van der Waals surface area contributed by atoms with Crippen molar-refractivity contribution < 1.29 is 9.53 Å². The van der Waals surface area contributed by atoms with Gasteiger partial charge in [-0.3, -0.25) is 4.79 Å². The summed E-state index contributed by atoms with van der Waals surface area (Å²) in [7, 11) is 0. The number of hydrogen-bond acceptors (Lipinski definition) is 4. The molecule has 0 saturated heterocycles. The Balaban J connectivity index is 2.01. The van der Waals surface area contributed by atoms with Gasteiger partial charge in [-0.1, -0.05) is 22.0 Å². The van der Waals surface area contributed by atoms with Crippen LogP contribution in [0.15, 0.2) is 28.7 Å². The quantitative estimate of drug-likeness (QED) is 0.707. The molecule has 0 fully saturated rings. The van der Waals surface area contributed by atoms with Crippen molar-refractivity contribution in [3.63, 3.8) is 0 Å². The standard InChI is InChI=1S/C13H19BrN2O2S/c1-10(15)13(17)16-5-7-19-8-6-18-12-4-2-3-11(14)9-12/h2-4,9-10H,5-8,15H2,1H3,(H,16,17)/t10-/m0/s1. The third-order valence-electron chi connectivity index (χ3n) is 2.25. The molecule has 19 heavy (non-hydrogen) atoms. The average molecular weight is 347 g/mol. The predicted octanol–water partition coefficient (Wildman–Crippen LogP) is 2.02. The molecule has 0 aliphatic rings. The number of carbonyl (C=O) groups is 1. The van der Waals surface area contributed by atoms with Crippen molar-refractivity contribution in [3.05, 3.63) is 28.7 Å². The molecule has 4 nitrogen and oxygen atoms in total. The van der Waals surface area contributed by atoms with Gasteiger partial charge in [0, 0.05) is 22.5 Å². The van der Waals surface area contributed by atoms with Gasteiger partial charge in [0.25, 0.3) is 0 Å². The van der Waals surface area contributed by atoms with Crippen molar-refractivity contribution in [2.24, 2.45) is 5.73 Å². The zero-order valence-electron chi connectivity index (χ0n) is 10.9. The van der Waals surface area contributed by atoms with Gasteiger partial charge in [0.2, 0.25) is 5.91 Å². The summed E-state index contributed by atoms with van der Waals surface area (Å²) in [6.07, 6.45) is 0. The summed E-state index contributed by atoms with van der Waals surface area (Å²) in [5.41, 5.74) is 5.43. The number of thioether (sulfide) groups is 1. The molecule has 0 aliphatic heterocycles. The Morgan fingerprint density at radius 1 is 1.53 bits per heavy atom. The van der Waals surface area contributed by atoms with E-state index in [2.05, 4.69) is 21.2 Å². The second-order valence-electron chi connectivity index (χ2n) is 4.00. The summed E-state index contributed by atoms with van der Waals surface area (Å²) in [5, 5.41) is 2.77. The largest absolute Gasteiger partial charge is 0.493 e. The number of benzene rings is 1. The van der Waals surface area contributed by atoms with Crippen LogP contribution in [0.2, 0.25) is 0 Å². The third kappa shape index (κ3) is 7.44. The Labute approximate surface area is 126 Å². The maximum Gasteiger partial charge on any atom is 0.236 e. The Hall–Kier alpha value is -0.720. The number of nitrogens with two attached hydrogens (primary N) is 1. The topological polar surface area (TPSA) is 64.4 Å². The lowest BCUT2D eigenvalue weighted by molar-refractivity contribution is -0.121. The number of hydrogen-bond donors (Lipinski definition) is 2. The van der Waals surface area contributed by atoms with E-state index in [4.69, 9.17) is 10.5 Å². The van der Waals surface area contributed by atoms with Crippen LogP contribution in [0.3, 0.4) is 0 Å². The van der Waals surface area contributed by atoms with Gasteiger partial charge in [0.15, 0.2) is 0 Å². The lowest BCUT2D eigenvalue weighted by Gasteiger charge is -2.08. The van der Waals surface area contributed by atoms with Gasteiger partial charge < -0.3 is 15.8 Å². The number of nitrogens with one attached hydrogen (secondary N) is 1. The zero-order valence-corrected chi connectivity index (χ0v) is 13.3. The Kier molecular flexibility index (Phi) is 7.93. The van der Waals surface area contributed by atoms with Crippen LogP contribution >= 0.6 is 27.7 Å². The van der Waals surface area contributed by atoms with Crippen LogP contribution in [-0.2, 0) is 4.79 Å². The minimum atomic E-state index is -0.440. The molecular formula is C13H19BrN2O2S. The smallest absolute Gasteiger partial charge is 0.236 e. The highest BCUT2D eigenvalue weighted by Gasteiger charge is 2.04. The number of halogens is 1. The fraction of sp³-hybridized carbons (Fsp3) is 0.462. The van der Waals surface area contributed by atoms with Gasteiger partial charge in [-0.05, 0) is 25.1 Å². The summed E-state index contributed by atoms with van der Waals surface area (Å²) >= 11 is 5.13. The van der Waals surface area contributed by atoms with E-state index in [1.54, 1.807) is 18.7 Å². The molecule has 0 radical (unpaired) electrons. The Morgan fingerprint density at radius 2 is 2.32 bits per heavy atom. The van der Waals surface area contributed by atoms with Crippen molar-refractivity contribution >= 4 is 33.6 Å². The average Bonchev–Trinajstić information content (AvgIpc) is 2.37. The van der Waals surface area contributed by atoms with Crippen LogP contribution in [0, 0.1) is 0 Å². The summed E-state index contributed by atoms with van der Waals surface area (Å²) < 4.78 is 6.60. The molecular weight excluding hydrogens is 328 g/mol. The molecule has 0 aliphatic carbocycles. The van der Waals surface area contributed by atoms with Gasteiger partial charge in [-0.15, -0.1) is 0 Å². The van der Waals surface area contributed by atoms with Crippen LogP contribution in [0.5, 0.6) is 5.75 Å². The maximum atomic E-state index is 11.2. The number of ether oxygens (including phenoxy) is 1. The summed E-state index contributed by atoms with van der Waals surface area (Å²) in [5.74, 6) is 2.51. The number of carbonyl (C=O) groups excluding carboxylic acids is 1. The first-order chi connectivity index (χ1) is 9.09. The molecule has 0 spiro atoms. The molecule has 1 aromatic carbocycles. The van der Waals surface area contributed by atoms with E-state index in [0.717, 1.165) is 21.7 Å². The van der Waals surface area contributed by atoms with Crippen molar-refractivity contribution in [2.45, 2.75) is 13.0 Å². The molecule has 0 bridgehead atoms. The SMILES string of the molecule is C[C@H](N)C(=O)NCCSCCOc1cccc(Br)c1. The van der Waals surface area contributed by atoms with E-state index < -0.39 is 6.04 Å². The van der Waals surface area contributed by atoms with E-state index in [1.165, 1.54) is 0 Å². The summed E-state index contributed by atoms with van der Waals surface area (Å²) in [6.45, 7) is 2.97. The fourth-order valence-corrected chi connectivity index (χ4v) is 2.31. The van der Waals surface area contributed by atoms with Gasteiger partial charge in [-0.2, -0.15) is 11.8 Å². The molecule has 1 amide bonds. The number of amides is 1. The Bertz CT molecular complexity index is 402. The molecule has 3 N–H and O–H groups in total. The molecule has 0 heterocycles. The van der Waals surface area contributed by atoms with Gasteiger partial charge >= 0.3 is 0 Å².